The van der Waals surface area contributed by atoms with Gasteiger partial charge in [-0.1, -0.05) is 82.6 Å². The Bertz CT molecular complexity index is 865. The van der Waals surface area contributed by atoms with Gasteiger partial charge in [-0.15, -0.1) is 0 Å². The zero-order valence-electron chi connectivity index (χ0n) is 19.0. The minimum Gasteiger partial charge on any atom is -0.481 e. The molecule has 2 rings (SSSR count). The van der Waals surface area contributed by atoms with E-state index in [0.717, 1.165) is 37.5 Å². The number of aliphatic carboxylic acids is 1. The summed E-state index contributed by atoms with van der Waals surface area (Å²) in [6.45, 7) is 2.25. The third-order valence-electron chi connectivity index (χ3n) is 5.85. The second kappa shape index (κ2) is 14.6. The second-order valence-electron chi connectivity index (χ2n) is 8.46. The van der Waals surface area contributed by atoms with Gasteiger partial charge >= 0.3 is 11.6 Å². The summed E-state index contributed by atoms with van der Waals surface area (Å²) in [4.78, 5) is 23.2. The number of carbonyl (C=O) groups is 1. The Morgan fingerprint density at radius 3 is 2.19 bits per heavy atom. The smallest absolute Gasteiger partial charge is 0.336 e. The van der Waals surface area contributed by atoms with Gasteiger partial charge in [-0.2, -0.15) is 0 Å². The van der Waals surface area contributed by atoms with E-state index in [1.54, 1.807) is 12.1 Å². The molecule has 4 nitrogen and oxygen atoms in total. The molecule has 0 fully saturated rings. The standard InChI is InChI=1S/C27H38O4/c1-2-3-4-5-6-7-8-9-10-11-12-13-14-15-16-24(27(29)30)23-18-17-22-19-20-26(28)31-25(22)21-23/h9-10,17-21,24H,2-8,11-16H2,1H3,(H,29,30). The number of carboxylic acid groups (broad SMARTS) is 1. The topological polar surface area (TPSA) is 67.5 Å². The molecule has 0 bridgehead atoms. The van der Waals surface area contributed by atoms with Gasteiger partial charge < -0.3 is 9.52 Å². The molecule has 1 aromatic carbocycles. The van der Waals surface area contributed by atoms with Crippen molar-refractivity contribution < 1.29 is 14.3 Å². The Morgan fingerprint density at radius 1 is 0.903 bits per heavy atom. The predicted octanol–water partition coefficient (Wildman–Crippen LogP) is 7.61. The van der Waals surface area contributed by atoms with Crippen LogP contribution in [0.15, 0.2) is 51.7 Å². The molecule has 0 spiro atoms. The van der Waals surface area contributed by atoms with E-state index in [4.69, 9.17) is 4.42 Å². The molecule has 31 heavy (non-hydrogen) atoms. The van der Waals surface area contributed by atoms with Gasteiger partial charge in [-0.25, -0.2) is 4.79 Å². The SMILES string of the molecule is CCCCCCCCC=CCCCCCCC(C(=O)O)c1ccc2ccc(=O)oc2c1. The van der Waals surface area contributed by atoms with Crippen LogP contribution in [-0.4, -0.2) is 11.1 Å². The quantitative estimate of drug-likeness (QED) is 0.170. The van der Waals surface area contributed by atoms with Crippen LogP contribution in [0.3, 0.4) is 0 Å². The zero-order valence-corrected chi connectivity index (χ0v) is 19.0. The fourth-order valence-electron chi connectivity index (χ4n) is 3.97. The maximum absolute atomic E-state index is 11.8. The second-order valence-corrected chi connectivity index (χ2v) is 8.46. The summed E-state index contributed by atoms with van der Waals surface area (Å²) < 4.78 is 5.20. The number of hydrogen-bond donors (Lipinski definition) is 1. The number of fused-ring (bicyclic) bond motifs is 1. The van der Waals surface area contributed by atoms with Crippen molar-refractivity contribution in [1.29, 1.82) is 0 Å². The molecule has 4 heteroatoms. The average molecular weight is 427 g/mol. The summed E-state index contributed by atoms with van der Waals surface area (Å²) in [5.41, 5.74) is 0.730. The van der Waals surface area contributed by atoms with Crippen molar-refractivity contribution >= 4 is 16.9 Å². The van der Waals surface area contributed by atoms with Crippen LogP contribution in [0.4, 0.5) is 0 Å². The largest absolute Gasteiger partial charge is 0.481 e. The molecule has 1 atom stereocenters. The Morgan fingerprint density at radius 2 is 1.52 bits per heavy atom. The maximum atomic E-state index is 11.8. The molecule has 0 saturated carbocycles. The van der Waals surface area contributed by atoms with Crippen LogP contribution in [-0.2, 0) is 4.79 Å². The summed E-state index contributed by atoms with van der Waals surface area (Å²) >= 11 is 0. The van der Waals surface area contributed by atoms with E-state index in [1.165, 1.54) is 51.0 Å². The Labute approximate surface area is 186 Å². The summed E-state index contributed by atoms with van der Waals surface area (Å²) in [6.07, 6.45) is 19.8. The summed E-state index contributed by atoms with van der Waals surface area (Å²) in [5, 5.41) is 10.5. The normalized spacial score (nSPS) is 12.5. The molecule has 170 valence electrons. The molecule has 0 aliphatic rings. The Kier molecular flexibility index (Phi) is 11.7. The molecule has 0 radical (unpaired) electrons. The van der Waals surface area contributed by atoms with Crippen molar-refractivity contribution in [1.82, 2.24) is 0 Å². The van der Waals surface area contributed by atoms with Gasteiger partial charge in [0.05, 0.1) is 5.92 Å². The molecule has 1 aromatic heterocycles. The van der Waals surface area contributed by atoms with Crippen molar-refractivity contribution in [3.05, 3.63) is 58.5 Å². The van der Waals surface area contributed by atoms with Gasteiger partial charge in [0.2, 0.25) is 0 Å². The number of unbranched alkanes of at least 4 members (excludes halogenated alkanes) is 10. The highest BCUT2D eigenvalue weighted by Gasteiger charge is 2.20. The van der Waals surface area contributed by atoms with E-state index in [1.807, 2.05) is 12.1 Å². The number of allylic oxidation sites excluding steroid dienone is 2. The minimum absolute atomic E-state index is 0.419. The highest BCUT2D eigenvalue weighted by molar-refractivity contribution is 5.81. The third-order valence-corrected chi connectivity index (χ3v) is 5.85. The molecule has 1 heterocycles. The summed E-state index contributed by atoms with van der Waals surface area (Å²) in [7, 11) is 0. The first-order valence-electron chi connectivity index (χ1n) is 12.0. The first kappa shape index (κ1) is 24.9. The number of rotatable bonds is 16. The molecule has 1 unspecified atom stereocenters. The fourth-order valence-corrected chi connectivity index (χ4v) is 3.97. The number of carboxylic acids is 1. The van der Waals surface area contributed by atoms with Crippen LogP contribution in [0, 0.1) is 0 Å². The maximum Gasteiger partial charge on any atom is 0.336 e. The van der Waals surface area contributed by atoms with Crippen LogP contribution >= 0.6 is 0 Å². The van der Waals surface area contributed by atoms with Crippen molar-refractivity contribution in [2.24, 2.45) is 0 Å². The molecule has 2 aromatic rings. The molecular formula is C27H38O4. The third kappa shape index (κ3) is 9.54. The predicted molar refractivity (Wildman–Crippen MR) is 128 cm³/mol. The van der Waals surface area contributed by atoms with E-state index in [-0.39, 0.29) is 0 Å². The number of benzene rings is 1. The van der Waals surface area contributed by atoms with Crippen molar-refractivity contribution in [3.8, 4) is 0 Å². The summed E-state index contributed by atoms with van der Waals surface area (Å²) in [6, 6.07) is 8.42. The lowest BCUT2D eigenvalue weighted by molar-refractivity contribution is -0.139. The molecular weight excluding hydrogens is 388 g/mol. The minimum atomic E-state index is -0.824. The van der Waals surface area contributed by atoms with Crippen molar-refractivity contribution in [2.75, 3.05) is 0 Å². The van der Waals surface area contributed by atoms with Gasteiger partial charge in [0.25, 0.3) is 0 Å². The Hall–Kier alpha value is -2.36. The van der Waals surface area contributed by atoms with E-state index < -0.39 is 17.5 Å². The average Bonchev–Trinajstić information content (AvgIpc) is 2.75. The van der Waals surface area contributed by atoms with Crippen LogP contribution < -0.4 is 5.63 Å². The van der Waals surface area contributed by atoms with Crippen LogP contribution in [0.5, 0.6) is 0 Å². The van der Waals surface area contributed by atoms with E-state index in [2.05, 4.69) is 19.1 Å². The van der Waals surface area contributed by atoms with E-state index in [9.17, 15) is 14.7 Å². The number of hydrogen-bond acceptors (Lipinski definition) is 3. The molecule has 1 N–H and O–H groups in total. The van der Waals surface area contributed by atoms with Gasteiger partial charge in [0, 0.05) is 11.5 Å². The first-order chi connectivity index (χ1) is 15.1. The lowest BCUT2D eigenvalue weighted by Gasteiger charge is -2.13. The highest BCUT2D eigenvalue weighted by atomic mass is 16.4. The lowest BCUT2D eigenvalue weighted by atomic mass is 9.92. The Balaban J connectivity index is 1.63. The van der Waals surface area contributed by atoms with Crippen molar-refractivity contribution in [2.45, 2.75) is 96.3 Å². The molecule has 0 saturated heterocycles. The van der Waals surface area contributed by atoms with E-state index >= 15 is 0 Å². The summed E-state index contributed by atoms with van der Waals surface area (Å²) in [5.74, 6) is -1.39. The highest BCUT2D eigenvalue weighted by Crippen LogP contribution is 2.26. The van der Waals surface area contributed by atoms with Crippen LogP contribution in [0.2, 0.25) is 0 Å². The molecule has 0 aliphatic heterocycles. The van der Waals surface area contributed by atoms with Crippen molar-refractivity contribution in [3.63, 3.8) is 0 Å². The monoisotopic (exact) mass is 426 g/mol. The zero-order chi connectivity index (χ0) is 22.3. The van der Waals surface area contributed by atoms with Crippen LogP contribution in [0.25, 0.3) is 11.0 Å². The fraction of sp³-hybridized carbons (Fsp3) is 0.556. The van der Waals surface area contributed by atoms with Gasteiger partial charge in [0.1, 0.15) is 5.58 Å². The molecule has 0 amide bonds. The van der Waals surface area contributed by atoms with Gasteiger partial charge in [-0.3, -0.25) is 4.79 Å². The van der Waals surface area contributed by atoms with E-state index in [0.29, 0.717) is 17.6 Å². The lowest BCUT2D eigenvalue weighted by Crippen LogP contribution is -2.11. The van der Waals surface area contributed by atoms with Gasteiger partial charge in [-0.05, 0) is 49.8 Å². The van der Waals surface area contributed by atoms with Crippen LogP contribution in [0.1, 0.15) is 102 Å². The molecule has 0 aliphatic carbocycles. The van der Waals surface area contributed by atoms with Gasteiger partial charge in [0.15, 0.2) is 0 Å². The first-order valence-corrected chi connectivity index (χ1v) is 12.0.